The van der Waals surface area contributed by atoms with Gasteiger partial charge in [0.15, 0.2) is 0 Å². The molecule has 1 rings (SSSR count). The van der Waals surface area contributed by atoms with Gasteiger partial charge in [-0.15, -0.1) is 0 Å². The van der Waals surface area contributed by atoms with Crippen molar-refractivity contribution in [3.05, 3.63) is 35.4 Å². The Bertz CT molecular complexity index is 303. The van der Waals surface area contributed by atoms with Gasteiger partial charge in [-0.3, -0.25) is 0 Å². The van der Waals surface area contributed by atoms with Gasteiger partial charge in [-0.05, 0) is 37.4 Å². The molecular formula is C14H23NO. The number of nitrogens with one attached hydrogen (secondary N) is 1. The number of benzene rings is 1. The molecule has 0 heterocycles. The van der Waals surface area contributed by atoms with E-state index in [9.17, 15) is 5.11 Å². The van der Waals surface area contributed by atoms with E-state index in [0.717, 1.165) is 12.0 Å². The molecular weight excluding hydrogens is 198 g/mol. The molecule has 0 bridgehead atoms. The lowest BCUT2D eigenvalue weighted by atomic mass is 9.97. The standard InChI is InChI=1S/C14H23NO/c1-10(2)9-12-5-7-13(8-6-12)14(15-4)11(3)16/h5-8,10-11,14-16H,9H2,1-4H3. The molecule has 0 fully saturated rings. The Labute approximate surface area is 98.7 Å². The molecule has 1 aromatic carbocycles. The van der Waals surface area contributed by atoms with Crippen molar-refractivity contribution in [1.82, 2.24) is 5.32 Å². The molecule has 2 N–H and O–H groups in total. The summed E-state index contributed by atoms with van der Waals surface area (Å²) in [6, 6.07) is 8.54. The molecule has 2 unspecified atom stereocenters. The Morgan fingerprint density at radius 1 is 1.12 bits per heavy atom. The van der Waals surface area contributed by atoms with E-state index in [2.05, 4.69) is 43.4 Å². The van der Waals surface area contributed by atoms with Gasteiger partial charge in [0.05, 0.1) is 12.1 Å². The van der Waals surface area contributed by atoms with E-state index in [1.807, 2.05) is 14.0 Å². The van der Waals surface area contributed by atoms with Gasteiger partial charge in [0.1, 0.15) is 0 Å². The van der Waals surface area contributed by atoms with Crippen LogP contribution in [0.5, 0.6) is 0 Å². The first-order valence-corrected chi connectivity index (χ1v) is 5.98. The first-order chi connectivity index (χ1) is 7.54. The topological polar surface area (TPSA) is 32.3 Å². The summed E-state index contributed by atoms with van der Waals surface area (Å²) in [4.78, 5) is 0. The zero-order chi connectivity index (χ0) is 12.1. The van der Waals surface area contributed by atoms with Gasteiger partial charge in [-0.25, -0.2) is 0 Å². The Balaban J connectivity index is 2.77. The average molecular weight is 221 g/mol. The van der Waals surface area contributed by atoms with Crippen molar-refractivity contribution < 1.29 is 5.11 Å². The third kappa shape index (κ3) is 3.62. The van der Waals surface area contributed by atoms with E-state index >= 15 is 0 Å². The molecule has 0 saturated carbocycles. The lowest BCUT2D eigenvalue weighted by molar-refractivity contribution is 0.150. The summed E-state index contributed by atoms with van der Waals surface area (Å²) in [6.07, 6.45) is 0.736. The van der Waals surface area contributed by atoms with Crippen molar-refractivity contribution in [3.8, 4) is 0 Å². The summed E-state index contributed by atoms with van der Waals surface area (Å²) >= 11 is 0. The summed E-state index contributed by atoms with van der Waals surface area (Å²) in [5, 5.41) is 12.7. The molecule has 0 spiro atoms. The summed E-state index contributed by atoms with van der Waals surface area (Å²) in [5.74, 6) is 0.683. The minimum absolute atomic E-state index is 0.0214. The summed E-state index contributed by atoms with van der Waals surface area (Å²) in [5.41, 5.74) is 2.50. The maximum Gasteiger partial charge on any atom is 0.0706 e. The van der Waals surface area contributed by atoms with Gasteiger partial charge in [0, 0.05) is 0 Å². The van der Waals surface area contributed by atoms with Crippen LogP contribution in [-0.2, 0) is 6.42 Å². The number of aliphatic hydroxyl groups excluding tert-OH is 1. The molecule has 2 nitrogen and oxygen atoms in total. The van der Waals surface area contributed by atoms with Gasteiger partial charge < -0.3 is 10.4 Å². The van der Waals surface area contributed by atoms with Gasteiger partial charge in [-0.1, -0.05) is 38.1 Å². The van der Waals surface area contributed by atoms with Crippen LogP contribution in [0, 0.1) is 5.92 Å². The monoisotopic (exact) mass is 221 g/mol. The molecule has 0 aliphatic heterocycles. The van der Waals surface area contributed by atoms with Crippen LogP contribution in [0.1, 0.15) is 37.9 Å². The first-order valence-electron chi connectivity index (χ1n) is 5.98. The van der Waals surface area contributed by atoms with Crippen LogP contribution in [0.25, 0.3) is 0 Å². The van der Waals surface area contributed by atoms with E-state index < -0.39 is 0 Å². The van der Waals surface area contributed by atoms with Crippen LogP contribution in [-0.4, -0.2) is 18.3 Å². The highest BCUT2D eigenvalue weighted by Crippen LogP contribution is 2.18. The van der Waals surface area contributed by atoms with Gasteiger partial charge in [0.2, 0.25) is 0 Å². The molecule has 90 valence electrons. The van der Waals surface area contributed by atoms with Gasteiger partial charge in [-0.2, -0.15) is 0 Å². The van der Waals surface area contributed by atoms with E-state index in [4.69, 9.17) is 0 Å². The normalized spacial score (nSPS) is 15.1. The maximum absolute atomic E-state index is 9.62. The Morgan fingerprint density at radius 3 is 2.06 bits per heavy atom. The second-order valence-electron chi connectivity index (χ2n) is 4.85. The van der Waals surface area contributed by atoms with Crippen molar-refractivity contribution in [2.75, 3.05) is 7.05 Å². The lowest BCUT2D eigenvalue weighted by Crippen LogP contribution is -2.26. The molecule has 0 radical (unpaired) electrons. The van der Waals surface area contributed by atoms with Crippen molar-refractivity contribution in [2.24, 2.45) is 5.92 Å². The third-order valence-electron chi connectivity index (χ3n) is 2.78. The fraction of sp³-hybridized carbons (Fsp3) is 0.571. The zero-order valence-corrected chi connectivity index (χ0v) is 10.7. The van der Waals surface area contributed by atoms with Crippen molar-refractivity contribution in [3.63, 3.8) is 0 Å². The summed E-state index contributed by atoms with van der Waals surface area (Å²) in [7, 11) is 1.87. The molecule has 0 aromatic heterocycles. The minimum Gasteiger partial charge on any atom is -0.391 e. The molecule has 0 aliphatic carbocycles. The number of aliphatic hydroxyl groups is 1. The van der Waals surface area contributed by atoms with E-state index in [-0.39, 0.29) is 12.1 Å². The highest BCUT2D eigenvalue weighted by atomic mass is 16.3. The quantitative estimate of drug-likeness (QED) is 0.801. The van der Waals surface area contributed by atoms with Gasteiger partial charge in [0.25, 0.3) is 0 Å². The maximum atomic E-state index is 9.62. The lowest BCUT2D eigenvalue weighted by Gasteiger charge is -2.20. The predicted molar refractivity (Wildman–Crippen MR) is 68.5 cm³/mol. The molecule has 16 heavy (non-hydrogen) atoms. The fourth-order valence-corrected chi connectivity index (χ4v) is 2.02. The van der Waals surface area contributed by atoms with Crippen LogP contribution < -0.4 is 5.32 Å². The summed E-state index contributed by atoms with van der Waals surface area (Å²) < 4.78 is 0. The Hall–Kier alpha value is -0.860. The molecule has 0 saturated heterocycles. The fourth-order valence-electron chi connectivity index (χ4n) is 2.02. The minimum atomic E-state index is -0.374. The highest BCUT2D eigenvalue weighted by molar-refractivity contribution is 5.26. The van der Waals surface area contributed by atoms with E-state index in [1.165, 1.54) is 5.56 Å². The van der Waals surface area contributed by atoms with Crippen LogP contribution >= 0.6 is 0 Å². The summed E-state index contributed by atoms with van der Waals surface area (Å²) in [6.45, 7) is 6.25. The average Bonchev–Trinajstić information content (AvgIpc) is 2.20. The van der Waals surface area contributed by atoms with Crippen LogP contribution in [0.2, 0.25) is 0 Å². The zero-order valence-electron chi connectivity index (χ0n) is 10.7. The second-order valence-corrected chi connectivity index (χ2v) is 4.85. The van der Waals surface area contributed by atoms with E-state index in [0.29, 0.717) is 5.92 Å². The molecule has 2 heteroatoms. The number of hydrogen-bond acceptors (Lipinski definition) is 2. The molecule has 0 aliphatic rings. The third-order valence-corrected chi connectivity index (χ3v) is 2.78. The number of hydrogen-bond donors (Lipinski definition) is 2. The van der Waals surface area contributed by atoms with Crippen molar-refractivity contribution in [1.29, 1.82) is 0 Å². The molecule has 1 aromatic rings. The first kappa shape index (κ1) is 13.2. The largest absolute Gasteiger partial charge is 0.391 e. The Morgan fingerprint density at radius 2 is 1.69 bits per heavy atom. The number of likely N-dealkylation sites (N-methyl/N-ethyl adjacent to an activating group) is 1. The molecule has 2 atom stereocenters. The van der Waals surface area contributed by atoms with Crippen molar-refractivity contribution in [2.45, 2.75) is 39.3 Å². The van der Waals surface area contributed by atoms with Crippen LogP contribution in [0.4, 0.5) is 0 Å². The second kappa shape index (κ2) is 6.02. The predicted octanol–water partition coefficient (Wildman–Crippen LogP) is 2.53. The van der Waals surface area contributed by atoms with Gasteiger partial charge >= 0.3 is 0 Å². The van der Waals surface area contributed by atoms with Crippen molar-refractivity contribution >= 4 is 0 Å². The van der Waals surface area contributed by atoms with E-state index in [1.54, 1.807) is 0 Å². The highest BCUT2D eigenvalue weighted by Gasteiger charge is 2.14. The van der Waals surface area contributed by atoms with Crippen LogP contribution in [0.15, 0.2) is 24.3 Å². The Kier molecular flexibility index (Phi) is 4.97. The smallest absolute Gasteiger partial charge is 0.0706 e. The molecule has 0 amide bonds. The van der Waals surface area contributed by atoms with Crippen LogP contribution in [0.3, 0.4) is 0 Å². The number of rotatable bonds is 5. The SMILES string of the molecule is CNC(c1ccc(CC(C)C)cc1)C(C)O.